The Morgan fingerprint density at radius 2 is 1.55 bits per heavy atom. The van der Waals surface area contributed by atoms with Crippen molar-refractivity contribution in [3.63, 3.8) is 0 Å². The maximum Gasteiger partial charge on any atom is 0.234 e. The minimum Gasteiger partial charge on any atom is -0.338 e. The molecule has 0 spiro atoms. The van der Waals surface area contributed by atoms with Crippen LogP contribution in [0.1, 0.15) is 45.0 Å². The molecule has 0 amide bonds. The summed E-state index contributed by atoms with van der Waals surface area (Å²) in [7, 11) is 0. The van der Waals surface area contributed by atoms with E-state index in [1.165, 1.54) is 0 Å². The van der Waals surface area contributed by atoms with E-state index in [4.69, 9.17) is 10.3 Å². The molecule has 0 aliphatic heterocycles. The van der Waals surface area contributed by atoms with Gasteiger partial charge in [-0.1, -0.05) is 5.16 Å². The minimum absolute atomic E-state index is 0.407. The second kappa shape index (κ2) is 4.66. The maximum atomic E-state index is 6.20. The van der Waals surface area contributed by atoms with E-state index in [2.05, 4.69) is 15.1 Å². The molecule has 0 fully saturated rings. The van der Waals surface area contributed by atoms with E-state index in [0.29, 0.717) is 11.7 Å². The lowest BCUT2D eigenvalue weighted by Crippen LogP contribution is -2.50. The number of aryl methyl sites for hydroxylation is 2. The van der Waals surface area contributed by atoms with Gasteiger partial charge in [0.1, 0.15) is 0 Å². The molecular weight excluding hydrogens is 252 g/mol. The molecule has 5 nitrogen and oxygen atoms in total. The summed E-state index contributed by atoms with van der Waals surface area (Å²) in [6.45, 7) is 11.8. The molecule has 20 heavy (non-hydrogen) atoms. The van der Waals surface area contributed by atoms with Crippen LogP contribution in [0.3, 0.4) is 0 Å². The fourth-order valence-electron chi connectivity index (χ4n) is 1.83. The van der Waals surface area contributed by atoms with Crippen LogP contribution in [-0.4, -0.2) is 20.7 Å². The lowest BCUT2D eigenvalue weighted by Gasteiger charge is -2.34. The quantitative estimate of drug-likeness (QED) is 0.931. The zero-order chi connectivity index (χ0) is 15.1. The second-order valence-electron chi connectivity index (χ2n) is 6.41. The predicted octanol–water partition coefficient (Wildman–Crippen LogP) is 2.76. The van der Waals surface area contributed by atoms with Gasteiger partial charge in [-0.25, -0.2) is 0 Å². The highest BCUT2D eigenvalue weighted by atomic mass is 16.5. The van der Waals surface area contributed by atoms with Gasteiger partial charge in [-0.3, -0.25) is 4.98 Å². The predicted molar refractivity (Wildman–Crippen MR) is 78.3 cm³/mol. The molecule has 108 valence electrons. The fourth-order valence-corrected chi connectivity index (χ4v) is 1.83. The minimum atomic E-state index is -0.457. The molecule has 0 aliphatic rings. The van der Waals surface area contributed by atoms with Gasteiger partial charge in [-0.15, -0.1) is 0 Å². The van der Waals surface area contributed by atoms with Gasteiger partial charge in [0.15, 0.2) is 0 Å². The van der Waals surface area contributed by atoms with Crippen LogP contribution < -0.4 is 5.73 Å². The van der Waals surface area contributed by atoms with E-state index in [0.717, 1.165) is 17.0 Å². The molecule has 2 N–H and O–H groups in total. The van der Waals surface area contributed by atoms with Crippen LogP contribution in [0.4, 0.5) is 0 Å². The van der Waals surface area contributed by atoms with Gasteiger partial charge in [0.2, 0.25) is 11.7 Å². The van der Waals surface area contributed by atoms with Gasteiger partial charge in [0, 0.05) is 22.5 Å². The molecule has 2 rings (SSSR count). The van der Waals surface area contributed by atoms with E-state index in [9.17, 15) is 0 Å². The van der Waals surface area contributed by atoms with Gasteiger partial charge in [0.05, 0.1) is 5.41 Å². The number of nitrogens with two attached hydrogens (primary N) is 1. The molecule has 0 aliphatic carbocycles. The SMILES string of the molecule is Cc1cc(-c2noc(C(C)(C)C(C)(C)N)n2)cc(C)n1. The Hall–Kier alpha value is -1.75. The summed E-state index contributed by atoms with van der Waals surface area (Å²) < 4.78 is 5.43. The molecule has 2 heterocycles. The van der Waals surface area contributed by atoms with Crippen LogP contribution in [0.15, 0.2) is 16.7 Å². The van der Waals surface area contributed by atoms with Gasteiger partial charge in [-0.05, 0) is 53.7 Å². The monoisotopic (exact) mass is 274 g/mol. The molecule has 0 aromatic carbocycles. The summed E-state index contributed by atoms with van der Waals surface area (Å²) in [5, 5.41) is 4.08. The standard InChI is InChI=1S/C15H22N4O/c1-9-7-11(8-10(2)17-9)12-18-13(20-19-12)14(3,4)15(5,6)16/h7-8H,16H2,1-6H3. The van der Waals surface area contributed by atoms with Crippen molar-refractivity contribution in [3.8, 4) is 11.4 Å². The molecule has 2 aromatic rings. The van der Waals surface area contributed by atoms with Crippen molar-refractivity contribution in [2.45, 2.75) is 52.5 Å². The summed E-state index contributed by atoms with van der Waals surface area (Å²) >= 11 is 0. The Balaban J connectivity index is 2.43. The molecule has 5 heteroatoms. The molecular formula is C15H22N4O. The molecule has 0 saturated heterocycles. The highest BCUT2D eigenvalue weighted by Crippen LogP contribution is 2.32. The first kappa shape index (κ1) is 14.7. The number of pyridine rings is 1. The van der Waals surface area contributed by atoms with Crippen molar-refractivity contribution in [3.05, 3.63) is 29.4 Å². The van der Waals surface area contributed by atoms with Crippen LogP contribution >= 0.6 is 0 Å². The third-order valence-electron chi connectivity index (χ3n) is 3.91. The van der Waals surface area contributed by atoms with E-state index in [1.807, 2.05) is 53.7 Å². The average Bonchev–Trinajstić information content (AvgIpc) is 2.75. The first-order valence-electron chi connectivity index (χ1n) is 6.70. The summed E-state index contributed by atoms with van der Waals surface area (Å²) in [6.07, 6.45) is 0. The molecule has 0 unspecified atom stereocenters. The van der Waals surface area contributed by atoms with Crippen molar-refractivity contribution < 1.29 is 4.52 Å². The van der Waals surface area contributed by atoms with Gasteiger partial charge >= 0.3 is 0 Å². The zero-order valence-corrected chi connectivity index (χ0v) is 13.0. The average molecular weight is 274 g/mol. The third-order valence-corrected chi connectivity index (χ3v) is 3.91. The Morgan fingerprint density at radius 1 is 1.00 bits per heavy atom. The number of rotatable bonds is 3. The number of nitrogens with zero attached hydrogens (tertiary/aromatic N) is 3. The Morgan fingerprint density at radius 3 is 2.05 bits per heavy atom. The maximum absolute atomic E-state index is 6.20. The Bertz CT molecular complexity index is 603. The first-order chi connectivity index (χ1) is 9.11. The first-order valence-corrected chi connectivity index (χ1v) is 6.70. The van der Waals surface area contributed by atoms with Crippen LogP contribution in [-0.2, 0) is 5.41 Å². The smallest absolute Gasteiger partial charge is 0.234 e. The normalized spacial score (nSPS) is 12.8. The second-order valence-corrected chi connectivity index (χ2v) is 6.41. The van der Waals surface area contributed by atoms with Crippen molar-refractivity contribution in [2.24, 2.45) is 5.73 Å². The lowest BCUT2D eigenvalue weighted by molar-refractivity contribution is 0.223. The van der Waals surface area contributed by atoms with Crippen LogP contribution in [0, 0.1) is 13.8 Å². The molecule has 2 aromatic heterocycles. The van der Waals surface area contributed by atoms with Crippen LogP contribution in [0.2, 0.25) is 0 Å². The van der Waals surface area contributed by atoms with Gasteiger partial charge in [-0.2, -0.15) is 4.98 Å². The van der Waals surface area contributed by atoms with Crippen LogP contribution in [0.5, 0.6) is 0 Å². The molecule has 0 atom stereocenters. The van der Waals surface area contributed by atoms with E-state index in [-0.39, 0.29) is 0 Å². The van der Waals surface area contributed by atoms with E-state index < -0.39 is 11.0 Å². The number of aromatic nitrogens is 3. The van der Waals surface area contributed by atoms with Gasteiger partial charge in [0.25, 0.3) is 0 Å². The summed E-state index contributed by atoms with van der Waals surface area (Å²) in [4.78, 5) is 8.86. The van der Waals surface area contributed by atoms with Crippen molar-refractivity contribution in [2.75, 3.05) is 0 Å². The zero-order valence-electron chi connectivity index (χ0n) is 13.0. The molecule has 0 radical (unpaired) electrons. The Kier molecular flexibility index (Phi) is 3.42. The van der Waals surface area contributed by atoms with Crippen LogP contribution in [0.25, 0.3) is 11.4 Å². The summed E-state index contributed by atoms with van der Waals surface area (Å²) in [6, 6.07) is 3.89. The Labute approximate surface area is 119 Å². The van der Waals surface area contributed by atoms with Crippen molar-refractivity contribution in [1.29, 1.82) is 0 Å². The fraction of sp³-hybridized carbons (Fsp3) is 0.533. The molecule has 0 saturated carbocycles. The lowest BCUT2D eigenvalue weighted by atomic mass is 9.75. The topological polar surface area (TPSA) is 77.8 Å². The van der Waals surface area contributed by atoms with Crippen molar-refractivity contribution >= 4 is 0 Å². The van der Waals surface area contributed by atoms with Crippen molar-refractivity contribution in [1.82, 2.24) is 15.1 Å². The largest absolute Gasteiger partial charge is 0.338 e. The summed E-state index contributed by atoms with van der Waals surface area (Å²) in [5.74, 6) is 1.12. The van der Waals surface area contributed by atoms with Gasteiger partial charge < -0.3 is 10.3 Å². The number of hydrogen-bond donors (Lipinski definition) is 1. The highest BCUT2D eigenvalue weighted by molar-refractivity contribution is 5.55. The van der Waals surface area contributed by atoms with E-state index in [1.54, 1.807) is 0 Å². The van der Waals surface area contributed by atoms with E-state index >= 15 is 0 Å². The molecule has 0 bridgehead atoms. The summed E-state index contributed by atoms with van der Waals surface area (Å²) in [5.41, 5.74) is 8.12. The highest BCUT2D eigenvalue weighted by Gasteiger charge is 2.40. The third kappa shape index (κ3) is 2.58. The number of hydrogen-bond acceptors (Lipinski definition) is 5.